The molecule has 0 bridgehead atoms. The Balaban J connectivity index is 0.000000444. The number of rotatable bonds is 3. The van der Waals surface area contributed by atoms with Crippen LogP contribution in [0.2, 0.25) is 0 Å². The Kier molecular flexibility index (Phi) is 7.78. The van der Waals surface area contributed by atoms with Crippen molar-refractivity contribution >= 4 is 6.09 Å². The van der Waals surface area contributed by atoms with Gasteiger partial charge in [-0.1, -0.05) is 57.0 Å². The number of benzene rings is 1. The predicted molar refractivity (Wildman–Crippen MR) is 82.6 cm³/mol. The van der Waals surface area contributed by atoms with Crippen LogP contribution in [0.15, 0.2) is 30.3 Å². The quantitative estimate of drug-likeness (QED) is 0.807. The van der Waals surface area contributed by atoms with Crippen LogP contribution in [0.25, 0.3) is 0 Å². The van der Waals surface area contributed by atoms with Crippen molar-refractivity contribution < 1.29 is 9.53 Å². The van der Waals surface area contributed by atoms with Crippen LogP contribution in [0.3, 0.4) is 0 Å². The molecule has 1 aliphatic heterocycles. The molecule has 1 atom stereocenters. The monoisotopic (exact) mass is 277 g/mol. The molecule has 3 heteroatoms. The lowest BCUT2D eigenvalue weighted by Crippen LogP contribution is -2.33. The summed E-state index contributed by atoms with van der Waals surface area (Å²) >= 11 is 0. The first kappa shape index (κ1) is 16.5. The molecule has 0 spiro atoms. The van der Waals surface area contributed by atoms with E-state index in [1.54, 1.807) is 0 Å². The molecule has 1 saturated heterocycles. The van der Waals surface area contributed by atoms with Crippen LogP contribution in [0.4, 0.5) is 4.79 Å². The fraction of sp³-hybridized carbons (Fsp3) is 0.588. The van der Waals surface area contributed by atoms with Crippen molar-refractivity contribution in [1.29, 1.82) is 0 Å². The first-order valence-electron chi connectivity index (χ1n) is 7.66. The molecule has 1 aromatic rings. The Hall–Kier alpha value is -1.51. The van der Waals surface area contributed by atoms with E-state index in [4.69, 9.17) is 4.74 Å². The molecule has 1 aromatic carbocycles. The lowest BCUT2D eigenvalue weighted by atomic mass is 10.2. The summed E-state index contributed by atoms with van der Waals surface area (Å²) in [6.07, 6.45) is 4.62. The van der Waals surface area contributed by atoms with Crippen molar-refractivity contribution in [2.45, 2.75) is 59.1 Å². The Morgan fingerprint density at radius 2 is 1.90 bits per heavy atom. The maximum Gasteiger partial charge on any atom is 0.410 e. The number of nitrogens with zero attached hydrogens (tertiary/aromatic N) is 1. The molecule has 0 aromatic heterocycles. The van der Waals surface area contributed by atoms with Gasteiger partial charge in [0.05, 0.1) is 0 Å². The highest BCUT2D eigenvalue weighted by molar-refractivity contribution is 5.68. The molecule has 0 radical (unpaired) electrons. The van der Waals surface area contributed by atoms with Crippen molar-refractivity contribution in [3.05, 3.63) is 35.9 Å². The van der Waals surface area contributed by atoms with E-state index in [-0.39, 0.29) is 6.09 Å². The van der Waals surface area contributed by atoms with E-state index in [0.29, 0.717) is 12.6 Å². The van der Waals surface area contributed by atoms with Gasteiger partial charge in [0.25, 0.3) is 0 Å². The fourth-order valence-electron chi connectivity index (χ4n) is 2.01. The van der Waals surface area contributed by atoms with E-state index >= 15 is 0 Å². The van der Waals surface area contributed by atoms with Crippen LogP contribution in [0, 0.1) is 0 Å². The topological polar surface area (TPSA) is 29.5 Å². The van der Waals surface area contributed by atoms with Crippen LogP contribution in [-0.4, -0.2) is 23.6 Å². The van der Waals surface area contributed by atoms with Crippen LogP contribution < -0.4 is 0 Å². The number of amides is 1. The van der Waals surface area contributed by atoms with Gasteiger partial charge in [0.2, 0.25) is 0 Å². The minimum Gasteiger partial charge on any atom is -0.445 e. The average Bonchev–Trinajstić information content (AvgIpc) is 2.92. The zero-order chi connectivity index (χ0) is 14.8. The number of hydrogen-bond donors (Lipinski definition) is 0. The van der Waals surface area contributed by atoms with Crippen molar-refractivity contribution in [1.82, 2.24) is 4.90 Å². The van der Waals surface area contributed by atoms with Gasteiger partial charge in [-0.05, 0) is 25.3 Å². The van der Waals surface area contributed by atoms with E-state index in [1.807, 2.05) is 35.2 Å². The molecule has 112 valence electrons. The van der Waals surface area contributed by atoms with Crippen LogP contribution >= 0.6 is 0 Å². The van der Waals surface area contributed by atoms with Crippen LogP contribution in [-0.2, 0) is 11.3 Å². The van der Waals surface area contributed by atoms with Gasteiger partial charge in [-0.15, -0.1) is 0 Å². The summed E-state index contributed by atoms with van der Waals surface area (Å²) in [6, 6.07) is 10.1. The highest BCUT2D eigenvalue weighted by atomic mass is 16.6. The third kappa shape index (κ3) is 5.64. The maximum atomic E-state index is 11.7. The summed E-state index contributed by atoms with van der Waals surface area (Å²) in [7, 11) is 0. The maximum absolute atomic E-state index is 11.7. The normalized spacial score (nSPS) is 17.4. The number of carbonyl (C=O) groups is 1. The van der Waals surface area contributed by atoms with Crippen molar-refractivity contribution in [3.63, 3.8) is 0 Å². The minimum atomic E-state index is -0.186. The van der Waals surface area contributed by atoms with Gasteiger partial charge in [0.1, 0.15) is 6.61 Å². The molecule has 1 unspecified atom stereocenters. The number of unbranched alkanes of at least 4 members (excludes halogenated alkanes) is 1. The molecule has 1 amide bonds. The second kappa shape index (κ2) is 9.40. The third-order valence-corrected chi connectivity index (χ3v) is 3.49. The largest absolute Gasteiger partial charge is 0.445 e. The number of ether oxygens (including phenoxy) is 1. The number of likely N-dealkylation sites (tertiary alicyclic amines) is 1. The van der Waals surface area contributed by atoms with Gasteiger partial charge in [-0.25, -0.2) is 4.79 Å². The molecule has 3 nitrogen and oxygen atoms in total. The van der Waals surface area contributed by atoms with Crippen LogP contribution in [0.1, 0.15) is 52.0 Å². The van der Waals surface area contributed by atoms with Gasteiger partial charge >= 0.3 is 6.09 Å². The lowest BCUT2D eigenvalue weighted by Gasteiger charge is -2.20. The summed E-state index contributed by atoms with van der Waals surface area (Å²) < 4.78 is 5.27. The SMILES string of the molecule is CC1CCCN1C(=O)OCc1ccccc1.CCCC. The Morgan fingerprint density at radius 3 is 2.40 bits per heavy atom. The lowest BCUT2D eigenvalue weighted by molar-refractivity contribution is 0.0944. The summed E-state index contributed by atoms with van der Waals surface area (Å²) in [4.78, 5) is 13.5. The van der Waals surface area contributed by atoms with Crippen molar-refractivity contribution in [3.8, 4) is 0 Å². The molecule has 20 heavy (non-hydrogen) atoms. The zero-order valence-electron chi connectivity index (χ0n) is 13.0. The minimum absolute atomic E-state index is 0.186. The first-order valence-corrected chi connectivity index (χ1v) is 7.66. The van der Waals surface area contributed by atoms with E-state index < -0.39 is 0 Å². The molecular weight excluding hydrogens is 250 g/mol. The smallest absolute Gasteiger partial charge is 0.410 e. The Morgan fingerprint density at radius 1 is 1.25 bits per heavy atom. The standard InChI is InChI=1S/C13H17NO2.C4H10/c1-11-6-5-9-14(11)13(15)16-10-12-7-3-2-4-8-12;1-3-4-2/h2-4,7-8,11H,5-6,9-10H2,1H3;3-4H2,1-2H3. The molecule has 1 fully saturated rings. The first-order chi connectivity index (χ1) is 9.69. The summed E-state index contributed by atoms with van der Waals surface area (Å²) in [5.74, 6) is 0. The van der Waals surface area contributed by atoms with Gasteiger partial charge in [-0.2, -0.15) is 0 Å². The highest BCUT2D eigenvalue weighted by Crippen LogP contribution is 2.17. The van der Waals surface area contributed by atoms with E-state index in [1.165, 1.54) is 12.8 Å². The fourth-order valence-corrected chi connectivity index (χ4v) is 2.01. The second-order valence-corrected chi connectivity index (χ2v) is 5.22. The van der Waals surface area contributed by atoms with E-state index in [2.05, 4.69) is 20.8 Å². The zero-order valence-corrected chi connectivity index (χ0v) is 13.0. The Bertz CT molecular complexity index is 376. The molecule has 1 heterocycles. The summed E-state index contributed by atoms with van der Waals surface area (Å²) in [5.41, 5.74) is 1.03. The Labute approximate surface area is 122 Å². The summed E-state index contributed by atoms with van der Waals surface area (Å²) in [6.45, 7) is 7.62. The number of hydrogen-bond acceptors (Lipinski definition) is 2. The highest BCUT2D eigenvalue weighted by Gasteiger charge is 2.25. The third-order valence-electron chi connectivity index (χ3n) is 3.49. The predicted octanol–water partition coefficient (Wildman–Crippen LogP) is 4.61. The van der Waals surface area contributed by atoms with E-state index in [0.717, 1.165) is 24.9 Å². The molecule has 1 aliphatic rings. The van der Waals surface area contributed by atoms with Gasteiger partial charge < -0.3 is 9.64 Å². The molecule has 0 aliphatic carbocycles. The van der Waals surface area contributed by atoms with Gasteiger partial charge in [0, 0.05) is 12.6 Å². The average molecular weight is 277 g/mol. The van der Waals surface area contributed by atoms with Crippen molar-refractivity contribution in [2.75, 3.05) is 6.54 Å². The van der Waals surface area contributed by atoms with Gasteiger partial charge in [-0.3, -0.25) is 0 Å². The molecule has 0 saturated carbocycles. The number of carbonyl (C=O) groups excluding carboxylic acids is 1. The van der Waals surface area contributed by atoms with Crippen molar-refractivity contribution in [2.24, 2.45) is 0 Å². The van der Waals surface area contributed by atoms with E-state index in [9.17, 15) is 4.79 Å². The molecule has 0 N–H and O–H groups in total. The molecule has 2 rings (SSSR count). The molecular formula is C17H27NO2. The van der Waals surface area contributed by atoms with Gasteiger partial charge in [0.15, 0.2) is 0 Å². The summed E-state index contributed by atoms with van der Waals surface area (Å²) in [5, 5.41) is 0. The van der Waals surface area contributed by atoms with Crippen LogP contribution in [0.5, 0.6) is 0 Å². The second-order valence-electron chi connectivity index (χ2n) is 5.22.